The summed E-state index contributed by atoms with van der Waals surface area (Å²) in [4.78, 5) is 27.0. The van der Waals surface area contributed by atoms with Crippen LogP contribution in [0.25, 0.3) is 0 Å². The first-order valence-corrected chi connectivity index (χ1v) is 11.0. The molecule has 0 aliphatic heterocycles. The van der Waals surface area contributed by atoms with Crippen LogP contribution in [-0.2, 0) is 0 Å². The van der Waals surface area contributed by atoms with Crippen molar-refractivity contribution in [3.05, 3.63) is 83.9 Å². The highest BCUT2D eigenvalue weighted by Crippen LogP contribution is 2.19. The molecule has 0 unspecified atom stereocenters. The van der Waals surface area contributed by atoms with Crippen LogP contribution in [0, 0.1) is 0 Å². The van der Waals surface area contributed by atoms with E-state index in [2.05, 4.69) is 10.6 Å². The second kappa shape index (κ2) is 9.48. The average molecular weight is 409 g/mol. The Hall–Kier alpha value is -2.70. The molecule has 3 aromatic carbocycles. The molecule has 0 aromatic heterocycles. The van der Waals surface area contributed by atoms with Crippen molar-refractivity contribution in [2.24, 2.45) is 0 Å². The van der Waals surface area contributed by atoms with Gasteiger partial charge in [-0.1, -0.05) is 0 Å². The summed E-state index contributed by atoms with van der Waals surface area (Å²) >= 11 is 3.30. The lowest BCUT2D eigenvalue weighted by molar-refractivity contribution is 0.101. The van der Waals surface area contributed by atoms with Crippen LogP contribution in [-0.4, -0.2) is 24.3 Å². The summed E-state index contributed by atoms with van der Waals surface area (Å²) in [5, 5.41) is 5.72. The van der Waals surface area contributed by atoms with Gasteiger partial charge in [-0.15, -0.1) is 23.5 Å². The minimum Gasteiger partial charge on any atom is -0.322 e. The molecule has 0 atom stereocenters. The summed E-state index contributed by atoms with van der Waals surface area (Å²) < 4.78 is 0. The van der Waals surface area contributed by atoms with Gasteiger partial charge in [0.2, 0.25) is 0 Å². The van der Waals surface area contributed by atoms with Crippen molar-refractivity contribution in [2.75, 3.05) is 23.1 Å². The maximum atomic E-state index is 12.4. The molecule has 3 aromatic rings. The van der Waals surface area contributed by atoms with Crippen LogP contribution in [0.2, 0.25) is 0 Å². The van der Waals surface area contributed by atoms with Crippen LogP contribution in [0.1, 0.15) is 20.7 Å². The van der Waals surface area contributed by atoms with Crippen LogP contribution in [0.3, 0.4) is 0 Å². The first-order valence-electron chi connectivity index (χ1n) is 8.60. The summed E-state index contributed by atoms with van der Waals surface area (Å²) in [6, 6.07) is 21.9. The Labute approximate surface area is 173 Å². The van der Waals surface area contributed by atoms with Gasteiger partial charge >= 0.3 is 0 Å². The number of nitrogens with one attached hydrogen (secondary N) is 2. The first-order chi connectivity index (χ1) is 13.6. The summed E-state index contributed by atoms with van der Waals surface area (Å²) in [6.07, 6.45) is 4.01. The van der Waals surface area contributed by atoms with Crippen LogP contribution in [0.15, 0.2) is 82.6 Å². The highest BCUT2D eigenvalue weighted by Gasteiger charge is 2.10. The molecule has 0 heterocycles. The monoisotopic (exact) mass is 408 g/mol. The minimum atomic E-state index is -0.212. The van der Waals surface area contributed by atoms with Gasteiger partial charge < -0.3 is 10.6 Å². The number of anilines is 2. The number of amides is 2. The van der Waals surface area contributed by atoms with E-state index in [-0.39, 0.29) is 11.8 Å². The summed E-state index contributed by atoms with van der Waals surface area (Å²) in [6.45, 7) is 0. The Balaban J connectivity index is 1.62. The Bertz CT molecular complexity index is 873. The summed E-state index contributed by atoms with van der Waals surface area (Å²) in [5.41, 5.74) is 2.46. The molecule has 0 bridgehead atoms. The molecular weight excluding hydrogens is 388 g/mol. The Kier molecular flexibility index (Phi) is 6.79. The third-order valence-corrected chi connectivity index (χ3v) is 5.59. The average Bonchev–Trinajstić information content (AvgIpc) is 2.75. The van der Waals surface area contributed by atoms with E-state index in [1.807, 2.05) is 61.0 Å². The maximum absolute atomic E-state index is 12.4. The number of hydrogen-bond acceptors (Lipinski definition) is 4. The standard InChI is InChI=1S/C22H20N2O2S2/c1-27-19-11-7-17(8-12-19)23-21(25)15-3-5-16(6-4-15)22(26)24-18-9-13-20(28-2)14-10-18/h3-14H,1-2H3,(H,23,25)(H,24,26). The summed E-state index contributed by atoms with van der Waals surface area (Å²) in [7, 11) is 0. The first kappa shape index (κ1) is 20.0. The lowest BCUT2D eigenvalue weighted by Crippen LogP contribution is -2.14. The fourth-order valence-corrected chi connectivity index (χ4v) is 3.34. The van der Waals surface area contributed by atoms with Crippen LogP contribution >= 0.6 is 23.5 Å². The van der Waals surface area contributed by atoms with Gasteiger partial charge in [0.05, 0.1) is 0 Å². The number of hydrogen-bond donors (Lipinski definition) is 2. The van der Waals surface area contributed by atoms with E-state index in [1.54, 1.807) is 47.8 Å². The molecule has 0 spiro atoms. The Morgan fingerprint density at radius 3 is 1.18 bits per heavy atom. The van der Waals surface area contributed by atoms with Gasteiger partial charge in [-0.2, -0.15) is 0 Å². The molecule has 6 heteroatoms. The van der Waals surface area contributed by atoms with Gasteiger partial charge in [0.1, 0.15) is 0 Å². The molecule has 142 valence electrons. The Morgan fingerprint density at radius 1 is 0.571 bits per heavy atom. The molecule has 4 nitrogen and oxygen atoms in total. The van der Waals surface area contributed by atoms with E-state index in [1.165, 1.54) is 0 Å². The van der Waals surface area contributed by atoms with E-state index in [9.17, 15) is 9.59 Å². The minimum absolute atomic E-state index is 0.212. The van der Waals surface area contributed by atoms with Crippen molar-refractivity contribution in [1.82, 2.24) is 0 Å². The molecule has 0 radical (unpaired) electrons. The van der Waals surface area contributed by atoms with E-state index < -0.39 is 0 Å². The maximum Gasteiger partial charge on any atom is 0.255 e. The second-order valence-corrected chi connectivity index (χ2v) is 7.70. The fraction of sp³-hybridized carbons (Fsp3) is 0.0909. The van der Waals surface area contributed by atoms with Crippen LogP contribution in [0.4, 0.5) is 11.4 Å². The lowest BCUT2D eigenvalue weighted by atomic mass is 10.1. The van der Waals surface area contributed by atoms with Gasteiger partial charge in [0, 0.05) is 32.3 Å². The van der Waals surface area contributed by atoms with E-state index in [0.29, 0.717) is 11.1 Å². The molecule has 0 saturated heterocycles. The van der Waals surface area contributed by atoms with E-state index in [4.69, 9.17) is 0 Å². The molecule has 3 rings (SSSR count). The highest BCUT2D eigenvalue weighted by atomic mass is 32.2. The predicted molar refractivity (Wildman–Crippen MR) is 119 cm³/mol. The van der Waals surface area contributed by atoms with Crippen molar-refractivity contribution in [2.45, 2.75) is 9.79 Å². The molecule has 0 saturated carbocycles. The zero-order valence-corrected chi connectivity index (χ0v) is 17.2. The third-order valence-electron chi connectivity index (χ3n) is 4.11. The molecule has 2 N–H and O–H groups in total. The largest absolute Gasteiger partial charge is 0.322 e. The van der Waals surface area contributed by atoms with E-state index >= 15 is 0 Å². The normalized spacial score (nSPS) is 10.4. The third kappa shape index (κ3) is 5.18. The van der Waals surface area contributed by atoms with Crippen LogP contribution in [0.5, 0.6) is 0 Å². The highest BCUT2D eigenvalue weighted by molar-refractivity contribution is 7.98. The van der Waals surface area contributed by atoms with Gasteiger partial charge in [-0.05, 0) is 85.3 Å². The van der Waals surface area contributed by atoms with Crippen molar-refractivity contribution in [3.63, 3.8) is 0 Å². The summed E-state index contributed by atoms with van der Waals surface area (Å²) in [5.74, 6) is -0.423. The lowest BCUT2D eigenvalue weighted by Gasteiger charge is -2.08. The molecule has 0 fully saturated rings. The Morgan fingerprint density at radius 2 is 0.893 bits per heavy atom. The molecule has 0 aliphatic rings. The molecular formula is C22H20N2O2S2. The fourth-order valence-electron chi connectivity index (χ4n) is 2.53. The second-order valence-electron chi connectivity index (χ2n) is 5.94. The number of carbonyl (C=O) groups is 2. The van der Waals surface area contributed by atoms with Gasteiger partial charge in [0.15, 0.2) is 0 Å². The van der Waals surface area contributed by atoms with Crippen molar-refractivity contribution < 1.29 is 9.59 Å². The zero-order chi connectivity index (χ0) is 19.9. The number of rotatable bonds is 6. The molecule has 2 amide bonds. The zero-order valence-electron chi connectivity index (χ0n) is 15.6. The van der Waals surface area contributed by atoms with Gasteiger partial charge in [0.25, 0.3) is 11.8 Å². The van der Waals surface area contributed by atoms with Crippen molar-refractivity contribution in [1.29, 1.82) is 0 Å². The smallest absolute Gasteiger partial charge is 0.255 e. The van der Waals surface area contributed by atoms with Gasteiger partial charge in [-0.25, -0.2) is 0 Å². The van der Waals surface area contributed by atoms with Crippen molar-refractivity contribution >= 4 is 46.7 Å². The predicted octanol–water partition coefficient (Wildman–Crippen LogP) is 5.64. The number of thioether (sulfide) groups is 2. The SMILES string of the molecule is CSc1ccc(NC(=O)c2ccc(C(=O)Nc3ccc(SC)cc3)cc2)cc1. The molecule has 28 heavy (non-hydrogen) atoms. The van der Waals surface area contributed by atoms with Gasteiger partial charge in [-0.3, -0.25) is 9.59 Å². The number of carbonyl (C=O) groups excluding carboxylic acids is 2. The number of benzene rings is 3. The topological polar surface area (TPSA) is 58.2 Å². The molecule has 0 aliphatic carbocycles. The van der Waals surface area contributed by atoms with Crippen LogP contribution < -0.4 is 10.6 Å². The van der Waals surface area contributed by atoms with Crippen molar-refractivity contribution in [3.8, 4) is 0 Å². The quantitative estimate of drug-likeness (QED) is 0.519. The van der Waals surface area contributed by atoms with E-state index in [0.717, 1.165) is 21.2 Å².